The fraction of sp³-hybridized carbons (Fsp3) is 0.558. The number of anilines is 1. The zero-order valence-corrected chi connectivity index (χ0v) is 43.4. The number of nitrogens with two attached hydrogens (primary N) is 1. The van der Waals surface area contributed by atoms with Gasteiger partial charge in [0.2, 0.25) is 0 Å². The van der Waals surface area contributed by atoms with Crippen LogP contribution in [0, 0.1) is 5.41 Å². The van der Waals surface area contributed by atoms with Crippen molar-refractivity contribution in [3.05, 3.63) is 73.4 Å². The minimum Gasteiger partial charge on any atom is -0.862 e. The number of Topliss-reactive ketones (excluding diaryl/α,β-unsaturated/α-hetero) is 1. The van der Waals surface area contributed by atoms with Crippen LogP contribution < -0.4 is 25.7 Å². The lowest BCUT2D eigenvalue weighted by Crippen LogP contribution is -2.45. The molecule has 0 saturated carbocycles. The number of unbranched alkanes of at least 4 members (excludes halogenated alkanes) is 1. The van der Waals surface area contributed by atoms with Crippen molar-refractivity contribution in [2.75, 3.05) is 37.8 Å². The molecule has 0 spiro atoms. The van der Waals surface area contributed by atoms with Gasteiger partial charge in [-0.2, -0.15) is 4.31 Å². The van der Waals surface area contributed by atoms with Gasteiger partial charge in [0.15, 0.2) is 22.8 Å². The number of ketones is 1. The van der Waals surface area contributed by atoms with E-state index in [1.54, 1.807) is 0 Å². The Morgan fingerprint density at radius 2 is 1.53 bits per heavy atom. The summed E-state index contributed by atoms with van der Waals surface area (Å²) in [4.78, 5) is 87.0. The van der Waals surface area contributed by atoms with Crippen LogP contribution in [0.5, 0.6) is 0 Å². The van der Waals surface area contributed by atoms with E-state index in [0.717, 1.165) is 61.1 Å². The zero-order valence-electron chi connectivity index (χ0n) is 39.9. The molecule has 1 aliphatic rings. The number of imidazole rings is 1. The number of phosphoric acid groups is 3. The Labute approximate surface area is 421 Å². The SMILES string of the molecule is CCC=CCC=CCC=CCC=CCC=CCCCC(=O)CC(=O)SCCN=C([O-])CCN=C([O-])C(O)C(C)(C)COP(=O)(O)OP(=O)(O)OCC1OC(n2cnc3c(N)ncnc32)C(O)C1OP(=O)([O-])[O-]. The van der Waals surface area contributed by atoms with Gasteiger partial charge in [0.25, 0.3) is 0 Å². The summed E-state index contributed by atoms with van der Waals surface area (Å²) in [7, 11) is -17.0. The number of ether oxygens (including phenoxy) is 1. The van der Waals surface area contributed by atoms with Crippen LogP contribution in [0.25, 0.3) is 11.2 Å². The van der Waals surface area contributed by atoms with Crippen LogP contribution in [-0.2, 0) is 45.9 Å². The van der Waals surface area contributed by atoms with Crippen molar-refractivity contribution >= 4 is 74.9 Å². The Morgan fingerprint density at radius 3 is 2.15 bits per heavy atom. The van der Waals surface area contributed by atoms with Crippen molar-refractivity contribution in [1.82, 2.24) is 19.5 Å². The summed E-state index contributed by atoms with van der Waals surface area (Å²) in [5.41, 5.74) is 4.10. The van der Waals surface area contributed by atoms with Gasteiger partial charge in [-0.1, -0.05) is 93.3 Å². The van der Waals surface area contributed by atoms with Gasteiger partial charge in [-0.3, -0.25) is 23.2 Å². The van der Waals surface area contributed by atoms with Crippen molar-refractivity contribution in [2.45, 2.75) is 116 Å². The lowest BCUT2D eigenvalue weighted by molar-refractivity contribution is -0.347. The average Bonchev–Trinajstić information content (AvgIpc) is 3.86. The van der Waals surface area contributed by atoms with E-state index >= 15 is 0 Å². The molecule has 0 amide bonds. The van der Waals surface area contributed by atoms with E-state index in [-0.39, 0.29) is 59.4 Å². The number of hydrogen-bond acceptors (Lipinski definition) is 23. The molecule has 1 saturated heterocycles. The number of rotatable bonds is 34. The van der Waals surface area contributed by atoms with E-state index in [1.807, 2.05) is 12.2 Å². The molecule has 0 radical (unpaired) electrons. The molecule has 3 heterocycles. The normalized spacial score (nSPS) is 20.7. The van der Waals surface area contributed by atoms with E-state index in [0.29, 0.717) is 12.8 Å². The molecule has 7 atom stereocenters. The summed E-state index contributed by atoms with van der Waals surface area (Å²) in [6, 6.07) is 0. The van der Waals surface area contributed by atoms with Gasteiger partial charge < -0.3 is 69.5 Å². The molecule has 0 bridgehead atoms. The third kappa shape index (κ3) is 23.4. The van der Waals surface area contributed by atoms with Gasteiger partial charge in [-0.15, -0.1) is 0 Å². The number of nitrogen functional groups attached to an aromatic ring is 1. The van der Waals surface area contributed by atoms with Gasteiger partial charge in [0, 0.05) is 30.7 Å². The predicted octanol–water partition coefficient (Wildman–Crippen LogP) is 2.57. The Morgan fingerprint density at radius 1 is 0.917 bits per heavy atom. The van der Waals surface area contributed by atoms with E-state index in [9.17, 15) is 63.3 Å². The molecule has 1 fully saturated rings. The summed E-state index contributed by atoms with van der Waals surface area (Å²) in [6.07, 6.45) is 19.3. The average molecular weight is 1090 g/mol. The summed E-state index contributed by atoms with van der Waals surface area (Å²) in [5.74, 6) is -1.92. The molecular formula is C43H62N7O18P3S-4. The Hall–Kier alpha value is -4.07. The van der Waals surface area contributed by atoms with Gasteiger partial charge in [0.05, 0.1) is 39.9 Å². The number of aliphatic hydroxyl groups excluding tert-OH is 2. The first kappa shape index (κ1) is 62.2. The number of aliphatic hydroxyl groups is 2. The highest BCUT2D eigenvalue weighted by molar-refractivity contribution is 8.13. The molecule has 402 valence electrons. The molecule has 25 nitrogen and oxygen atoms in total. The second-order valence-electron chi connectivity index (χ2n) is 16.4. The van der Waals surface area contributed by atoms with Gasteiger partial charge in [0.1, 0.15) is 35.9 Å². The molecule has 6 N–H and O–H groups in total. The van der Waals surface area contributed by atoms with Crippen LogP contribution in [0.15, 0.2) is 83.4 Å². The van der Waals surface area contributed by atoms with E-state index in [1.165, 1.54) is 13.8 Å². The second kappa shape index (κ2) is 31.0. The third-order valence-electron chi connectivity index (χ3n) is 9.97. The van der Waals surface area contributed by atoms with E-state index < -0.39 is 91.1 Å². The second-order valence-corrected chi connectivity index (χ2v) is 21.7. The van der Waals surface area contributed by atoms with Crippen LogP contribution in [0.2, 0.25) is 0 Å². The first-order valence-electron chi connectivity index (χ1n) is 22.6. The topological polar surface area (TPSA) is 399 Å². The van der Waals surface area contributed by atoms with Crippen LogP contribution in [0.3, 0.4) is 0 Å². The molecule has 0 aromatic carbocycles. The van der Waals surface area contributed by atoms with Crippen LogP contribution >= 0.6 is 35.2 Å². The fourth-order valence-electron chi connectivity index (χ4n) is 6.27. The molecular weight excluding hydrogens is 1030 g/mol. The van der Waals surface area contributed by atoms with Gasteiger partial charge in [-0.25, -0.2) is 24.1 Å². The maximum atomic E-state index is 12.7. The zero-order chi connectivity index (χ0) is 53.4. The van der Waals surface area contributed by atoms with Gasteiger partial charge >= 0.3 is 15.6 Å². The Bertz CT molecular complexity index is 2420. The maximum Gasteiger partial charge on any atom is 0.481 e. The lowest BCUT2D eigenvalue weighted by Gasteiger charge is -2.34. The highest BCUT2D eigenvalue weighted by atomic mass is 32.2. The van der Waals surface area contributed by atoms with Crippen molar-refractivity contribution in [3.8, 4) is 0 Å². The first-order valence-corrected chi connectivity index (χ1v) is 28.0. The van der Waals surface area contributed by atoms with Crippen molar-refractivity contribution in [2.24, 2.45) is 15.4 Å². The number of aromatic nitrogens is 4. The molecule has 3 rings (SSSR count). The summed E-state index contributed by atoms with van der Waals surface area (Å²) < 4.78 is 61.7. The van der Waals surface area contributed by atoms with Crippen LogP contribution in [-0.4, -0.2) is 119 Å². The number of thioether (sulfide) groups is 1. The number of fused-ring (bicyclic) bond motifs is 1. The predicted molar refractivity (Wildman–Crippen MR) is 259 cm³/mol. The highest BCUT2D eigenvalue weighted by Crippen LogP contribution is 2.61. The number of nitrogens with zero attached hydrogens (tertiary/aromatic N) is 6. The number of aliphatic imine (C=N–C) groups is 2. The smallest absolute Gasteiger partial charge is 0.481 e. The molecule has 0 aliphatic carbocycles. The van der Waals surface area contributed by atoms with E-state index in [4.69, 9.17) is 19.5 Å². The standard InChI is InChI=1S/C43H66N7O18P3S/c1-4-5-6-7-8-9-10-11-12-13-14-15-16-17-18-19-20-21-31(51)26-34(53)72-25-24-45-33(52)22-23-46-41(56)38(55)43(2,3)28-65-71(62,63)68-70(60,61)64-27-32-37(67-69(57,58)59)36(54)42(66-32)50-30-49-35-39(44)47-29-48-40(35)50/h5-6,8-9,11-12,14-15,17-18,29-30,32,36-38,42,54-55H,4,7,10,13,16,19-28H2,1-3H3,(H,45,52)(H,46,56)(H,60,61)(H,62,63)(H2,44,47,48)(H2,57,58,59)/p-4. The minimum absolute atomic E-state index is 0.0115. The third-order valence-corrected chi connectivity index (χ3v) is 13.9. The largest absolute Gasteiger partial charge is 0.862 e. The van der Waals surface area contributed by atoms with Crippen molar-refractivity contribution < 1.29 is 85.9 Å². The monoisotopic (exact) mass is 1090 g/mol. The molecule has 2 aromatic heterocycles. The lowest BCUT2D eigenvalue weighted by atomic mass is 9.87. The van der Waals surface area contributed by atoms with E-state index in [2.05, 4.69) is 89.3 Å². The maximum absolute atomic E-state index is 12.7. The van der Waals surface area contributed by atoms with Crippen LogP contribution in [0.4, 0.5) is 5.82 Å². The molecule has 2 aromatic rings. The molecule has 72 heavy (non-hydrogen) atoms. The molecule has 1 aliphatic heterocycles. The number of allylic oxidation sites excluding steroid dienone is 10. The summed E-state index contributed by atoms with van der Waals surface area (Å²) >= 11 is 0.868. The first-order chi connectivity index (χ1) is 33.9. The quantitative estimate of drug-likeness (QED) is 0.0168. The van der Waals surface area contributed by atoms with Gasteiger partial charge in [-0.05, 0) is 63.2 Å². The fourth-order valence-corrected chi connectivity index (χ4v) is 9.75. The Kier molecular flexibility index (Phi) is 26.8. The number of carbonyl (C=O) groups is 2. The summed E-state index contributed by atoms with van der Waals surface area (Å²) in [5, 5.41) is 45.9. The van der Waals surface area contributed by atoms with Crippen LogP contribution in [0.1, 0.15) is 91.2 Å². The van der Waals surface area contributed by atoms with Crippen molar-refractivity contribution in [1.29, 1.82) is 0 Å². The highest BCUT2D eigenvalue weighted by Gasteiger charge is 2.48. The Balaban J connectivity index is 1.34. The summed E-state index contributed by atoms with van der Waals surface area (Å²) in [6.45, 7) is 1.91. The molecule has 7 unspecified atom stereocenters. The molecule has 29 heteroatoms. The number of carbonyl (C=O) groups excluding carboxylic acids is 2. The number of hydrogen-bond donors (Lipinski definition) is 5. The minimum atomic E-state index is -5.85. The van der Waals surface area contributed by atoms with Crippen molar-refractivity contribution in [3.63, 3.8) is 0 Å². The number of phosphoric ester groups is 3.